The van der Waals surface area contributed by atoms with Gasteiger partial charge < -0.3 is 53.5 Å². The highest BCUT2D eigenvalue weighted by molar-refractivity contribution is 5.96. The molecule has 4 atom stereocenters. The van der Waals surface area contributed by atoms with E-state index in [1.807, 2.05) is 24.3 Å². The van der Waals surface area contributed by atoms with Crippen molar-refractivity contribution in [2.75, 3.05) is 13.2 Å². The Kier molecular flexibility index (Phi) is 11.8. The first-order valence-corrected chi connectivity index (χ1v) is 12.3. The molecule has 0 aliphatic heterocycles. The number of aromatic amines is 1. The summed E-state index contributed by atoms with van der Waals surface area (Å²) in [5.41, 5.74) is 18.0. The van der Waals surface area contributed by atoms with E-state index in [0.29, 0.717) is 0 Å². The molecule has 1 heterocycles. The number of hydrogen-bond donors (Lipinski definition) is 10. The van der Waals surface area contributed by atoms with Crippen molar-refractivity contribution in [3.63, 3.8) is 0 Å². The van der Waals surface area contributed by atoms with Gasteiger partial charge in [-0.2, -0.15) is 0 Å². The van der Waals surface area contributed by atoms with Crippen LogP contribution >= 0.6 is 0 Å². The molecule has 16 nitrogen and oxygen atoms in total. The number of fused-ring (bicyclic) bond motifs is 1. The second kappa shape index (κ2) is 15.0. The van der Waals surface area contributed by atoms with Gasteiger partial charge in [0.25, 0.3) is 0 Å². The number of H-pyrrole nitrogens is 1. The number of benzene rings is 1. The zero-order valence-corrected chi connectivity index (χ0v) is 21.5. The number of nitrogens with two attached hydrogens (primary N) is 3. The highest BCUT2D eigenvalue weighted by atomic mass is 16.4. The normalized spacial score (nSPS) is 13.8. The number of carboxylic acids is 2. The lowest BCUT2D eigenvalue weighted by molar-refractivity contribution is -0.143. The minimum absolute atomic E-state index is 0.0596. The SMILES string of the molecule is NC(N)=NCCCC(NC(=O)C(CO)NC(=O)C(CC(=O)O)NC(=O)C(N)Cc1c[nH]c2ccccc12)C(=O)O. The van der Waals surface area contributed by atoms with E-state index in [-0.39, 0.29) is 31.8 Å². The smallest absolute Gasteiger partial charge is 0.326 e. The molecule has 40 heavy (non-hydrogen) atoms. The van der Waals surface area contributed by atoms with Gasteiger partial charge in [0.2, 0.25) is 17.7 Å². The summed E-state index contributed by atoms with van der Waals surface area (Å²) in [6.07, 6.45) is 1.07. The molecule has 0 aliphatic rings. The standard InChI is InChI=1S/C24H34N8O8/c25-14(8-12-10-29-15-5-2-1-4-13(12)15)20(36)31-17(9-19(34)35)21(37)32-18(11-33)22(38)30-16(23(39)40)6-3-7-28-24(26)27/h1-2,4-5,10,14,16-18,29,33H,3,6-9,11,25H2,(H,30,38)(H,31,36)(H,32,37)(H,34,35)(H,39,40)(H4,26,27,28). The van der Waals surface area contributed by atoms with E-state index >= 15 is 0 Å². The Morgan fingerprint density at radius 3 is 2.17 bits per heavy atom. The van der Waals surface area contributed by atoms with Crippen LogP contribution in [0.15, 0.2) is 35.5 Å². The maximum absolute atomic E-state index is 12.8. The quantitative estimate of drug-likeness (QED) is 0.0562. The van der Waals surface area contributed by atoms with Gasteiger partial charge in [-0.05, 0) is 30.9 Å². The Bertz CT molecular complexity index is 1240. The average Bonchev–Trinajstić information content (AvgIpc) is 3.30. The number of carbonyl (C=O) groups is 5. The molecule has 4 unspecified atom stereocenters. The minimum Gasteiger partial charge on any atom is -0.481 e. The first-order chi connectivity index (χ1) is 18.9. The Balaban J connectivity index is 2.03. The summed E-state index contributed by atoms with van der Waals surface area (Å²) in [7, 11) is 0. The fourth-order valence-corrected chi connectivity index (χ4v) is 3.79. The number of aliphatic hydroxyl groups is 1. The fourth-order valence-electron chi connectivity index (χ4n) is 3.79. The van der Waals surface area contributed by atoms with Gasteiger partial charge in [0.1, 0.15) is 18.1 Å². The van der Waals surface area contributed by atoms with Gasteiger partial charge in [-0.25, -0.2) is 4.79 Å². The van der Waals surface area contributed by atoms with Crippen LogP contribution in [0.4, 0.5) is 0 Å². The molecule has 2 rings (SSSR count). The van der Waals surface area contributed by atoms with Crippen LogP contribution in [-0.2, 0) is 30.4 Å². The van der Waals surface area contributed by atoms with E-state index in [1.165, 1.54) is 0 Å². The molecule has 0 fully saturated rings. The van der Waals surface area contributed by atoms with Crippen molar-refractivity contribution in [3.8, 4) is 0 Å². The van der Waals surface area contributed by atoms with Crippen molar-refractivity contribution >= 4 is 46.5 Å². The third-order valence-electron chi connectivity index (χ3n) is 5.84. The maximum atomic E-state index is 12.8. The van der Waals surface area contributed by atoms with Gasteiger partial charge in [-0.1, -0.05) is 18.2 Å². The van der Waals surface area contributed by atoms with E-state index in [0.717, 1.165) is 16.5 Å². The number of nitrogens with one attached hydrogen (secondary N) is 4. The van der Waals surface area contributed by atoms with Crippen molar-refractivity contribution < 1.29 is 39.3 Å². The fraction of sp³-hybridized carbons (Fsp3) is 0.417. The molecular weight excluding hydrogens is 528 g/mol. The molecule has 0 saturated heterocycles. The Morgan fingerprint density at radius 1 is 0.925 bits per heavy atom. The highest BCUT2D eigenvalue weighted by Gasteiger charge is 2.31. The first-order valence-electron chi connectivity index (χ1n) is 12.3. The number of hydrogen-bond acceptors (Lipinski definition) is 8. The Labute approximate surface area is 228 Å². The number of carbonyl (C=O) groups excluding carboxylic acids is 3. The summed E-state index contributed by atoms with van der Waals surface area (Å²) < 4.78 is 0. The zero-order valence-electron chi connectivity index (χ0n) is 21.5. The largest absolute Gasteiger partial charge is 0.481 e. The van der Waals surface area contributed by atoms with Crippen LogP contribution in [0, 0.1) is 0 Å². The van der Waals surface area contributed by atoms with Gasteiger partial charge in [0.05, 0.1) is 19.1 Å². The van der Waals surface area contributed by atoms with Crippen molar-refractivity contribution in [1.29, 1.82) is 0 Å². The van der Waals surface area contributed by atoms with E-state index in [1.54, 1.807) is 6.20 Å². The number of aliphatic carboxylic acids is 2. The lowest BCUT2D eigenvalue weighted by Gasteiger charge is -2.23. The second-order valence-corrected chi connectivity index (χ2v) is 8.92. The highest BCUT2D eigenvalue weighted by Crippen LogP contribution is 2.18. The number of aliphatic imine (C=N–C) groups is 1. The van der Waals surface area contributed by atoms with Crippen LogP contribution in [0.2, 0.25) is 0 Å². The summed E-state index contributed by atoms with van der Waals surface area (Å²) in [6.45, 7) is -0.827. The van der Waals surface area contributed by atoms with Crippen molar-refractivity contribution in [2.24, 2.45) is 22.2 Å². The predicted octanol–water partition coefficient (Wildman–Crippen LogP) is -2.90. The molecule has 0 radical (unpaired) electrons. The summed E-state index contributed by atoms with van der Waals surface area (Å²) in [4.78, 5) is 67.8. The molecule has 16 heteroatoms. The van der Waals surface area contributed by atoms with Gasteiger partial charge in [0.15, 0.2) is 5.96 Å². The molecule has 13 N–H and O–H groups in total. The number of guanidine groups is 1. The minimum atomic E-state index is -1.64. The molecule has 0 aliphatic carbocycles. The van der Waals surface area contributed by atoms with Gasteiger partial charge in [0, 0.05) is 23.6 Å². The van der Waals surface area contributed by atoms with Crippen molar-refractivity contribution in [1.82, 2.24) is 20.9 Å². The van der Waals surface area contributed by atoms with Gasteiger partial charge in [-0.15, -0.1) is 0 Å². The van der Waals surface area contributed by atoms with E-state index in [2.05, 4.69) is 25.9 Å². The molecule has 0 spiro atoms. The second-order valence-electron chi connectivity index (χ2n) is 8.92. The molecule has 0 saturated carbocycles. The van der Waals surface area contributed by atoms with Crippen molar-refractivity contribution in [3.05, 3.63) is 36.0 Å². The lowest BCUT2D eigenvalue weighted by Crippen LogP contribution is -2.58. The van der Waals surface area contributed by atoms with E-state index < -0.39 is 66.9 Å². The summed E-state index contributed by atoms with van der Waals surface area (Å²) in [5.74, 6) is -5.93. The van der Waals surface area contributed by atoms with Crippen molar-refractivity contribution in [2.45, 2.75) is 49.9 Å². The number of aliphatic hydroxyl groups excluding tert-OH is 1. The summed E-state index contributed by atoms with van der Waals surface area (Å²) in [5, 5.41) is 35.7. The van der Waals surface area contributed by atoms with Crippen LogP contribution in [-0.4, -0.2) is 93.2 Å². The number of rotatable bonds is 16. The van der Waals surface area contributed by atoms with Crippen LogP contribution in [0.3, 0.4) is 0 Å². The lowest BCUT2D eigenvalue weighted by atomic mass is 10.0. The van der Waals surface area contributed by atoms with Crippen LogP contribution in [0.5, 0.6) is 0 Å². The molecular formula is C24H34N8O8. The Hall–Kier alpha value is -4.70. The summed E-state index contributed by atoms with van der Waals surface area (Å²) >= 11 is 0. The van der Waals surface area contributed by atoms with Crippen LogP contribution in [0.25, 0.3) is 10.9 Å². The molecule has 218 valence electrons. The molecule has 0 bridgehead atoms. The van der Waals surface area contributed by atoms with E-state index in [4.69, 9.17) is 17.2 Å². The number of para-hydroxylation sites is 1. The summed E-state index contributed by atoms with van der Waals surface area (Å²) in [6, 6.07) is 1.53. The number of carboxylic acid groups (broad SMARTS) is 2. The molecule has 3 amide bonds. The number of aromatic nitrogens is 1. The van der Waals surface area contributed by atoms with Gasteiger partial charge >= 0.3 is 11.9 Å². The number of nitrogens with zero attached hydrogens (tertiary/aromatic N) is 1. The predicted molar refractivity (Wildman–Crippen MR) is 143 cm³/mol. The molecule has 1 aromatic heterocycles. The third-order valence-corrected chi connectivity index (χ3v) is 5.84. The van der Waals surface area contributed by atoms with Crippen LogP contribution in [0.1, 0.15) is 24.8 Å². The maximum Gasteiger partial charge on any atom is 0.326 e. The van der Waals surface area contributed by atoms with Crippen LogP contribution < -0.4 is 33.2 Å². The first kappa shape index (κ1) is 31.5. The average molecular weight is 563 g/mol. The third kappa shape index (κ3) is 9.55. The Morgan fingerprint density at radius 2 is 1.55 bits per heavy atom. The molecule has 1 aromatic carbocycles. The van der Waals surface area contributed by atoms with E-state index in [9.17, 15) is 39.3 Å². The zero-order chi connectivity index (χ0) is 29.8. The molecule has 2 aromatic rings. The monoisotopic (exact) mass is 562 g/mol. The van der Waals surface area contributed by atoms with Gasteiger partial charge in [-0.3, -0.25) is 24.2 Å². The topological polar surface area (TPSA) is 288 Å². The number of amides is 3.